The van der Waals surface area contributed by atoms with Gasteiger partial charge in [-0.15, -0.1) is 0 Å². The summed E-state index contributed by atoms with van der Waals surface area (Å²) < 4.78 is 13.9. The molecule has 5 nitrogen and oxygen atoms in total. The molecule has 3 rings (SSSR count). The van der Waals surface area contributed by atoms with Gasteiger partial charge in [0.2, 0.25) is 0 Å². The number of carbonyl (C=O) groups is 1. The second-order valence-electron chi connectivity index (χ2n) is 5.65. The first kappa shape index (κ1) is 13.3. The van der Waals surface area contributed by atoms with Gasteiger partial charge in [0, 0.05) is 31.4 Å². The van der Waals surface area contributed by atoms with E-state index in [-0.39, 0.29) is 17.3 Å². The van der Waals surface area contributed by atoms with Gasteiger partial charge < -0.3 is 10.6 Å². The van der Waals surface area contributed by atoms with Gasteiger partial charge in [-0.1, -0.05) is 0 Å². The Labute approximate surface area is 117 Å². The van der Waals surface area contributed by atoms with E-state index in [1.807, 2.05) is 0 Å². The molecule has 1 aromatic rings. The third-order valence-electron chi connectivity index (χ3n) is 4.58. The minimum Gasteiger partial charge on any atom is -0.381 e. The number of fused-ring (bicyclic) bond motifs is 2. The van der Waals surface area contributed by atoms with Crippen LogP contribution in [0.15, 0.2) is 12.3 Å². The lowest BCUT2D eigenvalue weighted by Crippen LogP contribution is -2.40. The first-order chi connectivity index (χ1) is 9.58. The SMILES string of the molecule is CN1C2CCC1CN(C(=O)c1ccnc(N)c1F)CC2. The van der Waals surface area contributed by atoms with Crippen LogP contribution >= 0.6 is 0 Å². The topological polar surface area (TPSA) is 62.5 Å². The van der Waals surface area contributed by atoms with Crippen LogP contribution in [0.4, 0.5) is 10.2 Å². The molecule has 2 aliphatic heterocycles. The van der Waals surface area contributed by atoms with Gasteiger partial charge in [-0.2, -0.15) is 0 Å². The summed E-state index contributed by atoms with van der Waals surface area (Å²) in [5, 5.41) is 0. The molecule has 1 aromatic heterocycles. The molecule has 2 bridgehead atoms. The summed E-state index contributed by atoms with van der Waals surface area (Å²) in [5.74, 6) is -1.21. The van der Waals surface area contributed by atoms with Gasteiger partial charge >= 0.3 is 0 Å². The summed E-state index contributed by atoms with van der Waals surface area (Å²) in [6.07, 6.45) is 4.62. The molecule has 20 heavy (non-hydrogen) atoms. The quantitative estimate of drug-likeness (QED) is 0.836. The van der Waals surface area contributed by atoms with Crippen molar-refractivity contribution in [2.75, 3.05) is 25.9 Å². The van der Waals surface area contributed by atoms with Crippen LogP contribution in [0.5, 0.6) is 0 Å². The Morgan fingerprint density at radius 3 is 2.95 bits per heavy atom. The van der Waals surface area contributed by atoms with Gasteiger partial charge in [0.15, 0.2) is 11.6 Å². The van der Waals surface area contributed by atoms with Crippen molar-refractivity contribution in [3.8, 4) is 0 Å². The first-order valence-corrected chi connectivity index (χ1v) is 6.99. The number of aromatic nitrogens is 1. The summed E-state index contributed by atoms with van der Waals surface area (Å²) in [4.78, 5) is 20.3. The van der Waals surface area contributed by atoms with Crippen molar-refractivity contribution in [1.29, 1.82) is 0 Å². The zero-order valence-corrected chi connectivity index (χ0v) is 11.6. The molecule has 2 atom stereocenters. The van der Waals surface area contributed by atoms with Gasteiger partial charge in [-0.3, -0.25) is 9.69 Å². The number of nitrogens with zero attached hydrogens (tertiary/aromatic N) is 3. The minimum absolute atomic E-state index is 0.0259. The Balaban J connectivity index is 1.82. The molecule has 2 N–H and O–H groups in total. The highest BCUT2D eigenvalue weighted by Crippen LogP contribution is 2.29. The molecule has 0 aliphatic carbocycles. The Morgan fingerprint density at radius 2 is 2.15 bits per heavy atom. The molecule has 2 aliphatic rings. The van der Waals surface area contributed by atoms with Crippen LogP contribution < -0.4 is 5.73 Å². The van der Waals surface area contributed by atoms with E-state index in [9.17, 15) is 9.18 Å². The summed E-state index contributed by atoms with van der Waals surface area (Å²) in [6, 6.07) is 2.33. The van der Waals surface area contributed by atoms with E-state index in [1.165, 1.54) is 18.7 Å². The average molecular weight is 278 g/mol. The molecule has 3 heterocycles. The molecule has 0 saturated carbocycles. The lowest BCUT2D eigenvalue weighted by atomic mass is 10.1. The van der Waals surface area contributed by atoms with Crippen molar-refractivity contribution in [3.05, 3.63) is 23.6 Å². The molecule has 108 valence electrons. The summed E-state index contributed by atoms with van der Waals surface area (Å²) >= 11 is 0. The number of nitrogen functional groups attached to an aromatic ring is 1. The molecule has 2 fully saturated rings. The maximum Gasteiger partial charge on any atom is 0.257 e. The molecular weight excluding hydrogens is 259 g/mol. The Morgan fingerprint density at radius 1 is 1.40 bits per heavy atom. The summed E-state index contributed by atoms with van der Waals surface area (Å²) in [5.41, 5.74) is 5.46. The molecule has 2 saturated heterocycles. The predicted octanol–water partition coefficient (Wildman–Crippen LogP) is 1.11. The van der Waals surface area contributed by atoms with Crippen LogP contribution in [0.1, 0.15) is 29.6 Å². The van der Waals surface area contributed by atoms with Crippen molar-refractivity contribution in [1.82, 2.24) is 14.8 Å². The minimum atomic E-state index is -0.708. The molecule has 0 aromatic carbocycles. The highest BCUT2D eigenvalue weighted by molar-refractivity contribution is 5.95. The number of halogens is 1. The van der Waals surface area contributed by atoms with Gasteiger partial charge in [0.05, 0.1) is 5.56 Å². The van der Waals surface area contributed by atoms with Crippen LogP contribution in [0.3, 0.4) is 0 Å². The number of hydrogen-bond acceptors (Lipinski definition) is 4. The summed E-state index contributed by atoms with van der Waals surface area (Å²) in [7, 11) is 2.11. The molecule has 2 unspecified atom stereocenters. The second kappa shape index (κ2) is 5.01. The predicted molar refractivity (Wildman–Crippen MR) is 73.7 cm³/mol. The van der Waals surface area contributed by atoms with Crippen molar-refractivity contribution in [2.45, 2.75) is 31.3 Å². The number of hydrogen-bond donors (Lipinski definition) is 1. The van der Waals surface area contributed by atoms with Crippen LogP contribution in [-0.2, 0) is 0 Å². The Bertz CT molecular complexity index is 536. The van der Waals surface area contributed by atoms with E-state index < -0.39 is 5.82 Å². The zero-order valence-electron chi connectivity index (χ0n) is 11.6. The molecule has 0 spiro atoms. The lowest BCUT2D eigenvalue weighted by molar-refractivity contribution is 0.0735. The van der Waals surface area contributed by atoms with E-state index in [0.717, 1.165) is 12.8 Å². The summed E-state index contributed by atoms with van der Waals surface area (Å²) in [6.45, 7) is 1.33. The van der Waals surface area contributed by atoms with Gasteiger partial charge in [-0.05, 0) is 32.4 Å². The highest BCUT2D eigenvalue weighted by atomic mass is 19.1. The smallest absolute Gasteiger partial charge is 0.257 e. The highest BCUT2D eigenvalue weighted by Gasteiger charge is 2.36. The van der Waals surface area contributed by atoms with Crippen molar-refractivity contribution < 1.29 is 9.18 Å². The van der Waals surface area contributed by atoms with E-state index in [1.54, 1.807) is 4.90 Å². The largest absolute Gasteiger partial charge is 0.381 e. The third-order valence-corrected chi connectivity index (χ3v) is 4.58. The molecule has 1 amide bonds. The van der Waals surface area contributed by atoms with E-state index in [2.05, 4.69) is 16.9 Å². The first-order valence-electron chi connectivity index (χ1n) is 6.99. The van der Waals surface area contributed by atoms with Crippen molar-refractivity contribution in [2.24, 2.45) is 0 Å². The van der Waals surface area contributed by atoms with Gasteiger partial charge in [0.25, 0.3) is 5.91 Å². The molecule has 6 heteroatoms. The number of rotatable bonds is 1. The normalized spacial score (nSPS) is 26.6. The average Bonchev–Trinajstić information content (AvgIpc) is 2.66. The third kappa shape index (κ3) is 2.14. The van der Waals surface area contributed by atoms with Gasteiger partial charge in [0.1, 0.15) is 0 Å². The molecular formula is C14H19FN4O. The number of pyridine rings is 1. The van der Waals surface area contributed by atoms with E-state index in [0.29, 0.717) is 25.2 Å². The standard InChI is InChI=1S/C14H19FN4O/c1-18-9-2-3-10(18)8-19(7-5-9)14(20)11-4-6-17-13(16)12(11)15/h4,6,9-10H,2-3,5,7-8H2,1H3,(H2,16,17). The number of anilines is 1. The van der Waals surface area contributed by atoms with E-state index >= 15 is 0 Å². The number of amides is 1. The molecule has 0 radical (unpaired) electrons. The fourth-order valence-corrected chi connectivity index (χ4v) is 3.29. The monoisotopic (exact) mass is 278 g/mol. The number of likely N-dealkylation sites (N-methyl/N-ethyl adjacent to an activating group) is 1. The Kier molecular flexibility index (Phi) is 3.33. The maximum atomic E-state index is 13.9. The van der Waals surface area contributed by atoms with Crippen LogP contribution in [-0.4, -0.2) is 52.9 Å². The number of likely N-dealkylation sites (tertiary alicyclic amines) is 1. The lowest BCUT2D eigenvalue weighted by Gasteiger charge is -2.26. The zero-order chi connectivity index (χ0) is 14.3. The maximum absolute atomic E-state index is 13.9. The Hall–Kier alpha value is -1.69. The van der Waals surface area contributed by atoms with Crippen LogP contribution in [0.25, 0.3) is 0 Å². The fourth-order valence-electron chi connectivity index (χ4n) is 3.29. The second-order valence-corrected chi connectivity index (χ2v) is 5.65. The number of nitrogens with two attached hydrogens (primary N) is 1. The van der Waals surface area contributed by atoms with Crippen LogP contribution in [0.2, 0.25) is 0 Å². The van der Waals surface area contributed by atoms with Crippen molar-refractivity contribution >= 4 is 11.7 Å². The van der Waals surface area contributed by atoms with Crippen molar-refractivity contribution in [3.63, 3.8) is 0 Å². The van der Waals surface area contributed by atoms with Crippen LogP contribution in [0, 0.1) is 5.82 Å². The van der Waals surface area contributed by atoms with Gasteiger partial charge in [-0.25, -0.2) is 9.37 Å². The van der Waals surface area contributed by atoms with E-state index in [4.69, 9.17) is 5.73 Å². The fraction of sp³-hybridized carbons (Fsp3) is 0.571. The number of carbonyl (C=O) groups excluding carboxylic acids is 1.